The quantitative estimate of drug-likeness (QED) is 0.448. The molecule has 0 aliphatic heterocycles. The van der Waals surface area contributed by atoms with Crippen LogP contribution in [0.5, 0.6) is 0 Å². The molecule has 7 heteroatoms. The normalized spacial score (nSPS) is 10.8. The molecule has 2 rings (SSSR count). The summed E-state index contributed by atoms with van der Waals surface area (Å²) < 4.78 is 5.64. The third kappa shape index (κ3) is 4.86. The highest BCUT2D eigenvalue weighted by Gasteiger charge is 2.03. The minimum Gasteiger partial charge on any atom is -0.455 e. The summed E-state index contributed by atoms with van der Waals surface area (Å²) in [6.07, 6.45) is 1.51. The van der Waals surface area contributed by atoms with E-state index in [1.54, 1.807) is 12.1 Å². The van der Waals surface area contributed by atoms with Crippen LogP contribution in [0.4, 0.5) is 0 Å². The largest absolute Gasteiger partial charge is 0.455 e. The highest BCUT2D eigenvalue weighted by atomic mass is 35.5. The monoisotopic (exact) mass is 323 g/mol. The predicted molar refractivity (Wildman–Crippen MR) is 87.6 cm³/mol. The predicted octanol–water partition coefficient (Wildman–Crippen LogP) is 2.39. The van der Waals surface area contributed by atoms with Crippen molar-refractivity contribution in [2.45, 2.75) is 0 Å². The molecule has 0 amide bonds. The third-order valence-electron chi connectivity index (χ3n) is 2.49. The first-order chi connectivity index (χ1) is 10.2. The van der Waals surface area contributed by atoms with Crippen LogP contribution in [0.1, 0.15) is 5.76 Å². The number of hydrogen-bond donors (Lipinski definition) is 3. The Labute approximate surface area is 132 Å². The lowest BCUT2D eigenvalue weighted by molar-refractivity contribution is 0.300. The van der Waals surface area contributed by atoms with Crippen LogP contribution in [-0.4, -0.2) is 29.6 Å². The van der Waals surface area contributed by atoms with Crippen molar-refractivity contribution in [2.24, 2.45) is 5.10 Å². The topological polar surface area (TPSA) is 69.8 Å². The summed E-state index contributed by atoms with van der Waals surface area (Å²) in [5, 5.41) is 16.3. The molecule has 21 heavy (non-hydrogen) atoms. The first-order valence-electron chi connectivity index (χ1n) is 6.22. The van der Waals surface area contributed by atoms with E-state index in [-0.39, 0.29) is 6.61 Å². The van der Waals surface area contributed by atoms with Gasteiger partial charge in [0.15, 0.2) is 5.11 Å². The fourth-order valence-corrected chi connectivity index (χ4v) is 1.93. The highest BCUT2D eigenvalue weighted by molar-refractivity contribution is 7.80. The number of nitrogens with zero attached hydrogens (tertiary/aromatic N) is 1. The first kappa shape index (κ1) is 15.5. The van der Waals surface area contributed by atoms with Gasteiger partial charge in [-0.25, -0.2) is 0 Å². The van der Waals surface area contributed by atoms with E-state index >= 15 is 0 Å². The van der Waals surface area contributed by atoms with Crippen LogP contribution in [0, 0.1) is 0 Å². The van der Waals surface area contributed by atoms with Crippen molar-refractivity contribution >= 4 is 35.1 Å². The first-order valence-corrected chi connectivity index (χ1v) is 7.01. The van der Waals surface area contributed by atoms with Crippen LogP contribution in [0.15, 0.2) is 45.9 Å². The van der Waals surface area contributed by atoms with Gasteiger partial charge in [-0.3, -0.25) is 5.43 Å². The van der Waals surface area contributed by atoms with Crippen LogP contribution < -0.4 is 10.7 Å². The zero-order valence-electron chi connectivity index (χ0n) is 11.0. The van der Waals surface area contributed by atoms with Crippen molar-refractivity contribution in [3.63, 3.8) is 0 Å². The van der Waals surface area contributed by atoms with E-state index in [1.807, 2.05) is 24.3 Å². The van der Waals surface area contributed by atoms with Crippen molar-refractivity contribution < 1.29 is 9.52 Å². The number of nitrogens with one attached hydrogen (secondary N) is 2. The van der Waals surface area contributed by atoms with E-state index in [0.717, 1.165) is 5.56 Å². The molecular formula is C14H14ClN3O2S. The Morgan fingerprint density at radius 3 is 3.00 bits per heavy atom. The van der Waals surface area contributed by atoms with Crippen LogP contribution in [0.2, 0.25) is 5.02 Å². The average Bonchev–Trinajstić information content (AvgIpc) is 2.94. The van der Waals surface area contributed by atoms with Gasteiger partial charge in [-0.2, -0.15) is 5.10 Å². The fourth-order valence-electron chi connectivity index (χ4n) is 1.58. The summed E-state index contributed by atoms with van der Waals surface area (Å²) in [6.45, 7) is 0.383. The van der Waals surface area contributed by atoms with Crippen molar-refractivity contribution in [3.8, 4) is 11.3 Å². The fraction of sp³-hybridized carbons (Fsp3) is 0.143. The molecule has 0 aliphatic carbocycles. The highest BCUT2D eigenvalue weighted by Crippen LogP contribution is 2.24. The molecule has 0 saturated carbocycles. The number of benzene rings is 1. The molecule has 1 aromatic carbocycles. The van der Waals surface area contributed by atoms with Crippen molar-refractivity contribution in [1.29, 1.82) is 0 Å². The second-order valence-corrected chi connectivity index (χ2v) is 4.91. The number of hydrogen-bond acceptors (Lipinski definition) is 4. The van der Waals surface area contributed by atoms with E-state index in [9.17, 15) is 0 Å². The standard InChI is InChI=1S/C14H14ClN3O2S/c15-11-3-1-2-10(8-11)13-5-4-12(20-13)9-17-18-14(21)16-6-7-19/h1-5,8-9,19H,6-7H2,(H2,16,18,21). The van der Waals surface area contributed by atoms with Gasteiger partial charge < -0.3 is 14.8 Å². The summed E-state index contributed by atoms with van der Waals surface area (Å²) in [5.41, 5.74) is 3.52. The maximum absolute atomic E-state index is 8.64. The molecule has 110 valence electrons. The minimum absolute atomic E-state index is 0.00666. The number of hydrazone groups is 1. The van der Waals surface area contributed by atoms with Crippen LogP contribution >= 0.6 is 23.8 Å². The van der Waals surface area contributed by atoms with Gasteiger partial charge >= 0.3 is 0 Å². The van der Waals surface area contributed by atoms with E-state index in [4.69, 9.17) is 33.3 Å². The van der Waals surface area contributed by atoms with E-state index in [1.165, 1.54) is 6.21 Å². The third-order valence-corrected chi connectivity index (χ3v) is 2.96. The number of aliphatic hydroxyl groups excluding tert-OH is 1. The van der Waals surface area contributed by atoms with Gasteiger partial charge in [-0.05, 0) is 36.5 Å². The van der Waals surface area contributed by atoms with Crippen LogP contribution in [0.25, 0.3) is 11.3 Å². The van der Waals surface area contributed by atoms with Gasteiger partial charge in [-0.1, -0.05) is 23.7 Å². The molecule has 0 spiro atoms. The summed E-state index contributed by atoms with van der Waals surface area (Å²) >= 11 is 10.9. The molecule has 0 saturated heterocycles. The maximum Gasteiger partial charge on any atom is 0.187 e. The zero-order chi connectivity index (χ0) is 15.1. The molecule has 3 N–H and O–H groups in total. The maximum atomic E-state index is 8.64. The van der Waals surface area contributed by atoms with Crippen molar-refractivity contribution in [1.82, 2.24) is 10.7 Å². The Morgan fingerprint density at radius 2 is 2.24 bits per heavy atom. The molecule has 0 unspecified atom stereocenters. The smallest absolute Gasteiger partial charge is 0.187 e. The number of aliphatic hydroxyl groups is 1. The molecule has 0 aliphatic rings. The second kappa shape index (κ2) is 7.78. The van der Waals surface area contributed by atoms with Gasteiger partial charge in [0, 0.05) is 17.1 Å². The Morgan fingerprint density at radius 1 is 1.38 bits per heavy atom. The van der Waals surface area contributed by atoms with Crippen LogP contribution in [0.3, 0.4) is 0 Å². The molecule has 0 bridgehead atoms. The van der Waals surface area contributed by atoms with Gasteiger partial charge in [0.1, 0.15) is 11.5 Å². The van der Waals surface area contributed by atoms with Gasteiger partial charge in [0.05, 0.1) is 12.8 Å². The second-order valence-electron chi connectivity index (χ2n) is 4.06. The number of halogens is 1. The Balaban J connectivity index is 1.96. The lowest BCUT2D eigenvalue weighted by Crippen LogP contribution is -2.33. The average molecular weight is 324 g/mol. The molecule has 2 aromatic rings. The lowest BCUT2D eigenvalue weighted by atomic mass is 10.2. The van der Waals surface area contributed by atoms with Gasteiger partial charge in [-0.15, -0.1) is 0 Å². The Hall–Kier alpha value is -1.89. The lowest BCUT2D eigenvalue weighted by Gasteiger charge is -2.03. The van der Waals surface area contributed by atoms with Crippen LogP contribution in [-0.2, 0) is 0 Å². The zero-order valence-corrected chi connectivity index (χ0v) is 12.6. The molecule has 0 radical (unpaired) electrons. The Kier molecular flexibility index (Phi) is 5.74. The van der Waals surface area contributed by atoms with Gasteiger partial charge in [0.25, 0.3) is 0 Å². The summed E-state index contributed by atoms with van der Waals surface area (Å²) in [5.74, 6) is 1.29. The minimum atomic E-state index is 0.00666. The summed E-state index contributed by atoms with van der Waals surface area (Å²) in [6, 6.07) is 11.0. The SMILES string of the molecule is OCCNC(=S)NN=Cc1ccc(-c2cccc(Cl)c2)o1. The summed E-state index contributed by atoms with van der Waals surface area (Å²) in [7, 11) is 0. The molecule has 0 atom stereocenters. The van der Waals surface area contributed by atoms with E-state index < -0.39 is 0 Å². The van der Waals surface area contributed by atoms with E-state index in [0.29, 0.717) is 28.2 Å². The number of thiocarbonyl (C=S) groups is 1. The van der Waals surface area contributed by atoms with Crippen molar-refractivity contribution in [2.75, 3.05) is 13.2 Å². The molecule has 5 nitrogen and oxygen atoms in total. The molecule has 1 heterocycles. The van der Waals surface area contributed by atoms with E-state index in [2.05, 4.69) is 15.8 Å². The molecular weight excluding hydrogens is 310 g/mol. The van der Waals surface area contributed by atoms with Gasteiger partial charge in [0.2, 0.25) is 0 Å². The Bertz CT molecular complexity index is 643. The number of rotatable bonds is 5. The molecule has 0 fully saturated rings. The number of furan rings is 1. The summed E-state index contributed by atoms with van der Waals surface area (Å²) in [4.78, 5) is 0. The molecule has 1 aromatic heterocycles. The van der Waals surface area contributed by atoms with Crippen molar-refractivity contribution in [3.05, 3.63) is 47.2 Å².